The van der Waals surface area contributed by atoms with Crippen molar-refractivity contribution < 1.29 is 41.4 Å². The normalized spacial score (nSPS) is 15.1. The molecule has 0 aliphatic heterocycles. The van der Waals surface area contributed by atoms with Crippen LogP contribution in [0.15, 0.2) is 18.2 Å². The lowest BCUT2D eigenvalue weighted by Crippen LogP contribution is -2.32. The van der Waals surface area contributed by atoms with Gasteiger partial charge in [-0.3, -0.25) is 0 Å². The lowest BCUT2D eigenvalue weighted by Gasteiger charge is -2.19. The molecule has 0 radical (unpaired) electrons. The van der Waals surface area contributed by atoms with Gasteiger partial charge in [-0.1, -0.05) is 0 Å². The highest BCUT2D eigenvalue weighted by Crippen LogP contribution is 2.37. The molecule has 10 heteroatoms. The second-order valence-corrected chi connectivity index (χ2v) is 4.94. The Morgan fingerprint density at radius 3 is 1.87 bits per heavy atom. The van der Waals surface area contributed by atoms with Crippen LogP contribution >= 0.6 is 0 Å². The summed E-state index contributed by atoms with van der Waals surface area (Å²) in [5.74, 6) is 0. The maximum atomic E-state index is 12.7. The average molecular weight is 345 g/mol. The number of carboxylic acid groups (broad SMARTS) is 1. The van der Waals surface area contributed by atoms with Crippen LogP contribution in [0.3, 0.4) is 0 Å². The summed E-state index contributed by atoms with van der Waals surface area (Å²) in [6.45, 7) is 1.32. The van der Waals surface area contributed by atoms with Crippen molar-refractivity contribution in [1.82, 2.24) is 5.32 Å². The summed E-state index contributed by atoms with van der Waals surface area (Å²) in [6.07, 6.45) is -13.5. The molecule has 2 unspecified atom stereocenters. The summed E-state index contributed by atoms with van der Waals surface area (Å²) in [5, 5.41) is 20.2. The molecule has 0 spiro atoms. The predicted octanol–water partition coefficient (Wildman–Crippen LogP) is 3.80. The van der Waals surface area contributed by atoms with E-state index in [9.17, 15) is 36.2 Å². The molecule has 3 N–H and O–H groups in total. The monoisotopic (exact) mass is 345 g/mol. The summed E-state index contributed by atoms with van der Waals surface area (Å²) in [5.41, 5.74) is -3.67. The molecule has 23 heavy (non-hydrogen) atoms. The van der Waals surface area contributed by atoms with Crippen molar-refractivity contribution in [3.05, 3.63) is 34.9 Å². The smallest absolute Gasteiger partial charge is 0.416 e. The van der Waals surface area contributed by atoms with Gasteiger partial charge in [0.1, 0.15) is 0 Å². The number of hydrogen-bond acceptors (Lipinski definition) is 2. The lowest BCUT2D eigenvalue weighted by molar-refractivity contribution is -0.143. The SMILES string of the molecule is CC(CC(O)c1cc(C(F)(F)F)cc(C(F)(F)F)c1)NC(=O)O. The molecule has 0 saturated heterocycles. The molecule has 0 fully saturated rings. The van der Waals surface area contributed by atoms with Crippen LogP contribution in [0.1, 0.15) is 36.1 Å². The van der Waals surface area contributed by atoms with E-state index in [1.807, 2.05) is 5.32 Å². The Balaban J connectivity index is 3.16. The standard InChI is InChI=1S/C13H13F6NO3/c1-6(20-11(22)23)2-10(21)7-3-8(12(14,15)16)5-9(4-7)13(17,18)19/h3-6,10,20-21H,2H2,1H3,(H,22,23). The number of carbonyl (C=O) groups is 1. The van der Waals surface area contributed by atoms with E-state index in [4.69, 9.17) is 5.11 Å². The third-order valence-corrected chi connectivity index (χ3v) is 2.94. The summed E-state index contributed by atoms with van der Waals surface area (Å²) in [7, 11) is 0. The maximum absolute atomic E-state index is 12.7. The van der Waals surface area contributed by atoms with Crippen LogP contribution in [0.5, 0.6) is 0 Å². The zero-order valence-corrected chi connectivity index (χ0v) is 11.7. The minimum Gasteiger partial charge on any atom is -0.465 e. The van der Waals surface area contributed by atoms with Crippen molar-refractivity contribution in [2.75, 3.05) is 0 Å². The number of hydrogen-bond donors (Lipinski definition) is 3. The molecule has 0 aromatic heterocycles. The highest BCUT2D eigenvalue weighted by atomic mass is 19.4. The van der Waals surface area contributed by atoms with Crippen LogP contribution in [-0.4, -0.2) is 22.3 Å². The molecular formula is C13H13F6NO3. The molecule has 130 valence electrons. The Morgan fingerprint density at radius 1 is 1.09 bits per heavy atom. The molecule has 0 saturated carbocycles. The zero-order chi connectivity index (χ0) is 18.0. The third-order valence-electron chi connectivity index (χ3n) is 2.94. The molecule has 0 bridgehead atoms. The fourth-order valence-corrected chi connectivity index (χ4v) is 1.91. The van der Waals surface area contributed by atoms with Gasteiger partial charge in [0.2, 0.25) is 0 Å². The van der Waals surface area contributed by atoms with E-state index in [-0.39, 0.29) is 12.5 Å². The topological polar surface area (TPSA) is 69.6 Å². The summed E-state index contributed by atoms with van der Waals surface area (Å²) in [6, 6.07) is -0.0953. The van der Waals surface area contributed by atoms with Gasteiger partial charge in [-0.15, -0.1) is 0 Å². The van der Waals surface area contributed by atoms with Crippen molar-refractivity contribution in [3.63, 3.8) is 0 Å². The maximum Gasteiger partial charge on any atom is 0.416 e. The van der Waals surface area contributed by atoms with Crippen molar-refractivity contribution in [2.24, 2.45) is 0 Å². The Hall–Kier alpha value is -1.97. The number of aliphatic hydroxyl groups excluding tert-OH is 1. The van der Waals surface area contributed by atoms with E-state index in [1.54, 1.807) is 0 Å². The van der Waals surface area contributed by atoms with Crippen molar-refractivity contribution in [3.8, 4) is 0 Å². The van der Waals surface area contributed by atoms with E-state index in [1.165, 1.54) is 6.92 Å². The molecular weight excluding hydrogens is 332 g/mol. The second kappa shape index (κ2) is 6.65. The summed E-state index contributed by atoms with van der Waals surface area (Å²) >= 11 is 0. The van der Waals surface area contributed by atoms with Gasteiger partial charge in [0.15, 0.2) is 0 Å². The number of alkyl halides is 6. The Morgan fingerprint density at radius 2 is 1.52 bits per heavy atom. The van der Waals surface area contributed by atoms with Crippen molar-refractivity contribution in [2.45, 2.75) is 37.8 Å². The molecule has 4 nitrogen and oxygen atoms in total. The quantitative estimate of drug-likeness (QED) is 0.727. The molecule has 1 rings (SSSR count). The van der Waals surface area contributed by atoms with Crippen LogP contribution in [-0.2, 0) is 12.4 Å². The first-order valence-electron chi connectivity index (χ1n) is 6.27. The van der Waals surface area contributed by atoms with Crippen LogP contribution in [0.25, 0.3) is 0 Å². The first kappa shape index (κ1) is 19.1. The van der Waals surface area contributed by atoms with Crippen LogP contribution in [0.2, 0.25) is 0 Å². The highest BCUT2D eigenvalue weighted by molar-refractivity contribution is 5.64. The number of rotatable bonds is 4. The number of nitrogens with one attached hydrogen (secondary N) is 1. The predicted molar refractivity (Wildman–Crippen MR) is 66.6 cm³/mol. The fraction of sp³-hybridized carbons (Fsp3) is 0.462. The molecule has 1 aromatic carbocycles. The van der Waals surface area contributed by atoms with Crippen LogP contribution in [0.4, 0.5) is 31.1 Å². The van der Waals surface area contributed by atoms with Gasteiger partial charge < -0.3 is 15.5 Å². The fourth-order valence-electron chi connectivity index (χ4n) is 1.91. The number of aliphatic hydroxyl groups is 1. The summed E-state index contributed by atoms with van der Waals surface area (Å²) in [4.78, 5) is 10.4. The minimum atomic E-state index is -5.01. The minimum absolute atomic E-state index is 0.0465. The van der Waals surface area contributed by atoms with Gasteiger partial charge in [-0.25, -0.2) is 4.79 Å². The van der Waals surface area contributed by atoms with Gasteiger partial charge in [-0.05, 0) is 37.1 Å². The van der Waals surface area contributed by atoms with Gasteiger partial charge >= 0.3 is 18.4 Å². The van der Waals surface area contributed by atoms with E-state index < -0.39 is 47.3 Å². The van der Waals surface area contributed by atoms with E-state index >= 15 is 0 Å². The van der Waals surface area contributed by atoms with Gasteiger partial charge in [-0.2, -0.15) is 26.3 Å². The van der Waals surface area contributed by atoms with Gasteiger partial charge in [0, 0.05) is 6.04 Å². The molecule has 0 heterocycles. The average Bonchev–Trinajstić information content (AvgIpc) is 2.34. The third kappa shape index (κ3) is 5.62. The molecule has 1 aromatic rings. The Kier molecular flexibility index (Phi) is 5.51. The Bertz CT molecular complexity index is 538. The summed E-state index contributed by atoms with van der Waals surface area (Å²) < 4.78 is 76.2. The van der Waals surface area contributed by atoms with E-state index in [2.05, 4.69) is 0 Å². The molecule has 0 aliphatic carbocycles. The first-order valence-corrected chi connectivity index (χ1v) is 6.27. The van der Waals surface area contributed by atoms with Crippen LogP contribution < -0.4 is 5.32 Å². The number of benzene rings is 1. The van der Waals surface area contributed by atoms with Gasteiger partial charge in [0.05, 0.1) is 17.2 Å². The largest absolute Gasteiger partial charge is 0.465 e. The Labute approximate surface area is 126 Å². The molecule has 2 atom stereocenters. The number of halogens is 6. The van der Waals surface area contributed by atoms with Crippen molar-refractivity contribution in [1.29, 1.82) is 0 Å². The molecule has 1 amide bonds. The number of amides is 1. The van der Waals surface area contributed by atoms with Crippen molar-refractivity contribution >= 4 is 6.09 Å². The van der Waals surface area contributed by atoms with Crippen LogP contribution in [0, 0.1) is 0 Å². The zero-order valence-electron chi connectivity index (χ0n) is 11.7. The van der Waals surface area contributed by atoms with Gasteiger partial charge in [0.25, 0.3) is 0 Å². The lowest BCUT2D eigenvalue weighted by atomic mass is 9.97. The first-order chi connectivity index (χ1) is 10.3. The molecule has 0 aliphatic rings. The highest BCUT2D eigenvalue weighted by Gasteiger charge is 2.37. The van der Waals surface area contributed by atoms with E-state index in [0.717, 1.165) is 0 Å². The second-order valence-electron chi connectivity index (χ2n) is 4.94. The van der Waals surface area contributed by atoms with E-state index in [0.29, 0.717) is 12.1 Å².